The Kier molecular flexibility index (Phi) is 53.5. The van der Waals surface area contributed by atoms with E-state index in [4.69, 9.17) is 18.9 Å². The molecule has 0 aliphatic rings. The van der Waals surface area contributed by atoms with Crippen molar-refractivity contribution in [2.24, 2.45) is 0 Å². The van der Waals surface area contributed by atoms with E-state index in [-0.39, 0.29) is 38.6 Å². The number of carboxylic acids is 1. The van der Waals surface area contributed by atoms with Crippen LogP contribution in [-0.2, 0) is 33.3 Å². The Morgan fingerprint density at radius 3 is 1.15 bits per heavy atom. The van der Waals surface area contributed by atoms with Gasteiger partial charge in [0.1, 0.15) is 13.2 Å². The fraction of sp³-hybridized carbons (Fsp3) is 0.769. The van der Waals surface area contributed by atoms with Crippen LogP contribution in [0.25, 0.3) is 0 Å². The van der Waals surface area contributed by atoms with Crippen LogP contribution in [0, 0.1) is 0 Å². The summed E-state index contributed by atoms with van der Waals surface area (Å²) in [7, 11) is 5.92. The number of carbonyl (C=O) groups is 3. The molecule has 0 saturated carbocycles. The summed E-state index contributed by atoms with van der Waals surface area (Å²) < 4.78 is 22.7. The molecule has 2 atom stereocenters. The first-order valence-corrected chi connectivity index (χ1v) is 30.6. The zero-order valence-corrected chi connectivity index (χ0v) is 48.7. The van der Waals surface area contributed by atoms with Crippen molar-refractivity contribution in [2.45, 2.75) is 277 Å². The predicted molar refractivity (Wildman–Crippen MR) is 311 cm³/mol. The lowest BCUT2D eigenvalue weighted by Gasteiger charge is -2.26. The van der Waals surface area contributed by atoms with Crippen LogP contribution in [0.3, 0.4) is 0 Å². The van der Waals surface area contributed by atoms with Crippen molar-refractivity contribution in [3.05, 3.63) is 72.9 Å². The van der Waals surface area contributed by atoms with Gasteiger partial charge in [-0.05, 0) is 83.5 Å². The Labute approximate surface area is 456 Å². The average Bonchev–Trinajstić information content (AvgIpc) is 3.37. The van der Waals surface area contributed by atoms with E-state index in [1.165, 1.54) is 154 Å². The standard InChI is InChI=1S/C65H115NO8/c1-6-8-10-12-14-16-18-20-22-24-26-27-28-29-30-31-32-33-34-35-36-37-38-40-42-44-46-48-50-52-54-56-63(68)74-61(60-73-65(64(69)70)71-58-57-66(3,4)5)59-72-62(67)55-53-51-49-47-45-43-41-39-25-23-21-19-17-15-13-11-9-7-2/h8,10,14,16-17,19-20,22-23,25-27,61,65H,6-7,9,11-13,15,18,21,24,28-60H2,1-5H3/b10-8-,16-14-,19-17-,22-20-,25-23-,27-26-. The van der Waals surface area contributed by atoms with Gasteiger partial charge in [0.05, 0.1) is 40.3 Å². The first kappa shape index (κ1) is 70.7. The summed E-state index contributed by atoms with van der Waals surface area (Å²) in [4.78, 5) is 37.3. The molecule has 0 bridgehead atoms. The number of likely N-dealkylation sites (N-methyl/N-ethyl adjacent to an activating group) is 1. The van der Waals surface area contributed by atoms with Crippen molar-refractivity contribution >= 4 is 17.9 Å². The molecule has 0 aromatic carbocycles. The van der Waals surface area contributed by atoms with Gasteiger partial charge in [-0.15, -0.1) is 0 Å². The fourth-order valence-electron chi connectivity index (χ4n) is 8.50. The second kappa shape index (κ2) is 55.9. The number of esters is 2. The largest absolute Gasteiger partial charge is 0.545 e. The van der Waals surface area contributed by atoms with Crippen molar-refractivity contribution in [3.63, 3.8) is 0 Å². The zero-order chi connectivity index (χ0) is 54.1. The Bertz CT molecular complexity index is 1440. The first-order chi connectivity index (χ1) is 36.1. The Hall–Kier alpha value is -3.27. The van der Waals surface area contributed by atoms with Gasteiger partial charge in [0, 0.05) is 12.8 Å². The summed E-state index contributed by atoms with van der Waals surface area (Å²) in [5.74, 6) is -2.28. The molecule has 428 valence electrons. The number of ether oxygens (including phenoxy) is 4. The van der Waals surface area contributed by atoms with E-state index in [1.807, 2.05) is 21.1 Å². The third-order valence-corrected chi connectivity index (χ3v) is 13.2. The SMILES string of the molecule is CC/C=C\C/C=C\C/C=C\C/C=C\CCCCCCCCCCCCCCCCCCCCC(=O)OC(COC(=O)CCCCCCCCC/C=C\C/C=C\CCCCCC)COC(OCC[N+](C)(C)C)C(=O)[O-]. The molecule has 2 unspecified atom stereocenters. The molecule has 0 heterocycles. The molecule has 0 rings (SSSR count). The molecule has 9 heteroatoms. The highest BCUT2D eigenvalue weighted by Gasteiger charge is 2.22. The van der Waals surface area contributed by atoms with Gasteiger partial charge in [0.25, 0.3) is 0 Å². The second-order valence-corrected chi connectivity index (χ2v) is 21.6. The molecule has 0 amide bonds. The molecule has 0 N–H and O–H groups in total. The van der Waals surface area contributed by atoms with Gasteiger partial charge in [0.15, 0.2) is 12.4 Å². The molecule has 0 aliphatic heterocycles. The van der Waals surface area contributed by atoms with Crippen LogP contribution in [0.15, 0.2) is 72.9 Å². The number of unbranched alkanes of at least 4 members (excludes halogenated alkanes) is 29. The summed E-state index contributed by atoms with van der Waals surface area (Å²) in [6.07, 6.45) is 69.6. The van der Waals surface area contributed by atoms with Gasteiger partial charge in [-0.25, -0.2) is 0 Å². The second-order valence-electron chi connectivity index (χ2n) is 21.6. The number of hydrogen-bond donors (Lipinski definition) is 0. The van der Waals surface area contributed by atoms with Crippen molar-refractivity contribution in [2.75, 3.05) is 47.5 Å². The molecular formula is C65H115NO8. The maximum Gasteiger partial charge on any atom is 0.306 e. The van der Waals surface area contributed by atoms with Crippen LogP contribution in [0.1, 0.15) is 264 Å². The lowest BCUT2D eigenvalue weighted by Crippen LogP contribution is -2.44. The molecule has 0 aromatic heterocycles. The van der Waals surface area contributed by atoms with E-state index in [2.05, 4.69) is 86.8 Å². The normalized spacial score (nSPS) is 13.3. The molecule has 0 aromatic rings. The zero-order valence-electron chi connectivity index (χ0n) is 48.7. The Morgan fingerprint density at radius 1 is 0.419 bits per heavy atom. The van der Waals surface area contributed by atoms with E-state index < -0.39 is 24.3 Å². The number of carboxylic acid groups (broad SMARTS) is 1. The highest BCUT2D eigenvalue weighted by molar-refractivity contribution is 5.70. The quantitative estimate of drug-likeness (QED) is 0.0195. The molecule has 0 radical (unpaired) electrons. The summed E-state index contributed by atoms with van der Waals surface area (Å²) in [5.41, 5.74) is 0. The fourth-order valence-corrected chi connectivity index (χ4v) is 8.50. The third-order valence-electron chi connectivity index (χ3n) is 13.2. The highest BCUT2D eigenvalue weighted by Crippen LogP contribution is 2.17. The number of rotatable bonds is 56. The minimum Gasteiger partial charge on any atom is -0.545 e. The van der Waals surface area contributed by atoms with Crippen LogP contribution in [0.5, 0.6) is 0 Å². The summed E-state index contributed by atoms with van der Waals surface area (Å²) in [6, 6.07) is 0. The average molecular weight is 1040 g/mol. The number of carbonyl (C=O) groups excluding carboxylic acids is 3. The predicted octanol–water partition coefficient (Wildman–Crippen LogP) is 16.8. The number of aliphatic carboxylic acids is 1. The van der Waals surface area contributed by atoms with Gasteiger partial charge >= 0.3 is 11.9 Å². The van der Waals surface area contributed by atoms with Crippen LogP contribution in [-0.4, -0.2) is 82.3 Å². The lowest BCUT2D eigenvalue weighted by molar-refractivity contribution is -0.870. The molecule has 74 heavy (non-hydrogen) atoms. The van der Waals surface area contributed by atoms with Crippen LogP contribution < -0.4 is 5.11 Å². The molecule has 0 aliphatic carbocycles. The minimum absolute atomic E-state index is 0.145. The molecule has 0 spiro atoms. The summed E-state index contributed by atoms with van der Waals surface area (Å²) >= 11 is 0. The van der Waals surface area contributed by atoms with Gasteiger partial charge in [-0.3, -0.25) is 9.59 Å². The van der Waals surface area contributed by atoms with Gasteiger partial charge in [-0.1, -0.05) is 241 Å². The van der Waals surface area contributed by atoms with E-state index in [1.54, 1.807) is 0 Å². The molecular weight excluding hydrogens is 923 g/mol. The lowest BCUT2D eigenvalue weighted by atomic mass is 10.0. The topological polar surface area (TPSA) is 111 Å². The van der Waals surface area contributed by atoms with Gasteiger partial charge < -0.3 is 33.3 Å². The minimum atomic E-state index is -1.62. The number of hydrogen-bond acceptors (Lipinski definition) is 8. The highest BCUT2D eigenvalue weighted by atomic mass is 16.7. The van der Waals surface area contributed by atoms with Crippen molar-refractivity contribution < 1.29 is 42.9 Å². The van der Waals surface area contributed by atoms with E-state index in [0.717, 1.165) is 77.0 Å². The summed E-state index contributed by atoms with van der Waals surface area (Å²) in [5, 5.41) is 11.8. The molecule has 0 saturated heterocycles. The number of nitrogens with zero attached hydrogens (tertiary/aromatic N) is 1. The van der Waals surface area contributed by atoms with Crippen LogP contribution >= 0.6 is 0 Å². The summed E-state index contributed by atoms with van der Waals surface area (Å²) in [6.45, 7) is 4.63. The first-order valence-electron chi connectivity index (χ1n) is 30.6. The van der Waals surface area contributed by atoms with E-state index in [0.29, 0.717) is 17.4 Å². The number of allylic oxidation sites excluding steroid dienone is 12. The smallest absolute Gasteiger partial charge is 0.306 e. The van der Waals surface area contributed by atoms with E-state index in [9.17, 15) is 19.5 Å². The van der Waals surface area contributed by atoms with Gasteiger partial charge in [-0.2, -0.15) is 0 Å². The van der Waals surface area contributed by atoms with Crippen LogP contribution in [0.2, 0.25) is 0 Å². The van der Waals surface area contributed by atoms with E-state index >= 15 is 0 Å². The Balaban J connectivity index is 4.15. The van der Waals surface area contributed by atoms with Crippen molar-refractivity contribution in [3.8, 4) is 0 Å². The Morgan fingerprint density at radius 2 is 0.770 bits per heavy atom. The number of quaternary nitrogens is 1. The van der Waals surface area contributed by atoms with Crippen LogP contribution in [0.4, 0.5) is 0 Å². The maximum absolute atomic E-state index is 12.9. The monoisotopic (exact) mass is 1040 g/mol. The van der Waals surface area contributed by atoms with Crippen molar-refractivity contribution in [1.82, 2.24) is 0 Å². The molecule has 0 fully saturated rings. The maximum atomic E-state index is 12.9. The van der Waals surface area contributed by atoms with Gasteiger partial charge in [0.2, 0.25) is 0 Å². The third kappa shape index (κ3) is 56.5. The molecule has 9 nitrogen and oxygen atoms in total. The van der Waals surface area contributed by atoms with Crippen molar-refractivity contribution in [1.29, 1.82) is 0 Å².